The third-order valence-electron chi connectivity index (χ3n) is 3.59. The van der Waals surface area contributed by atoms with E-state index in [9.17, 15) is 4.79 Å². The lowest BCUT2D eigenvalue weighted by Gasteiger charge is -2.35. The molecule has 2 heterocycles. The molecule has 0 unspecified atom stereocenters. The van der Waals surface area contributed by atoms with Crippen molar-refractivity contribution in [3.63, 3.8) is 0 Å². The van der Waals surface area contributed by atoms with Gasteiger partial charge in [-0.25, -0.2) is 9.78 Å². The molecule has 7 heteroatoms. The van der Waals surface area contributed by atoms with Gasteiger partial charge in [-0.05, 0) is 26.0 Å². The molecule has 128 valence electrons. The summed E-state index contributed by atoms with van der Waals surface area (Å²) in [6, 6.07) is 5.54. The van der Waals surface area contributed by atoms with E-state index >= 15 is 0 Å². The molecular weight excluding hydrogens is 294 g/mol. The molecule has 23 heavy (non-hydrogen) atoms. The molecular formula is C16H27N5O2. The van der Waals surface area contributed by atoms with Crippen molar-refractivity contribution in [2.75, 3.05) is 44.6 Å². The van der Waals surface area contributed by atoms with Crippen molar-refractivity contribution in [2.45, 2.75) is 26.1 Å². The summed E-state index contributed by atoms with van der Waals surface area (Å²) in [4.78, 5) is 18.2. The highest BCUT2D eigenvalue weighted by Gasteiger charge is 2.21. The van der Waals surface area contributed by atoms with Crippen LogP contribution in [0.5, 0.6) is 0 Å². The second kappa shape index (κ2) is 9.32. The summed E-state index contributed by atoms with van der Waals surface area (Å²) in [5, 5.41) is 8.85. The molecule has 1 fully saturated rings. The summed E-state index contributed by atoms with van der Waals surface area (Å²) >= 11 is 0. The fraction of sp³-hybridized carbons (Fsp3) is 0.625. The van der Waals surface area contributed by atoms with E-state index in [1.807, 2.05) is 18.2 Å². The van der Waals surface area contributed by atoms with Crippen molar-refractivity contribution in [1.82, 2.24) is 20.5 Å². The van der Waals surface area contributed by atoms with Crippen LogP contribution in [0.2, 0.25) is 0 Å². The Hall–Kier alpha value is -1.86. The molecule has 1 aromatic rings. The van der Waals surface area contributed by atoms with Gasteiger partial charge in [-0.2, -0.15) is 0 Å². The van der Waals surface area contributed by atoms with Gasteiger partial charge in [-0.1, -0.05) is 6.07 Å². The lowest BCUT2D eigenvalue weighted by Crippen LogP contribution is -2.48. The van der Waals surface area contributed by atoms with Crippen LogP contribution in [0.1, 0.15) is 13.8 Å². The first-order valence-corrected chi connectivity index (χ1v) is 8.18. The monoisotopic (exact) mass is 321 g/mol. The normalized spacial score (nSPS) is 21.7. The lowest BCUT2D eigenvalue weighted by atomic mass is 10.2. The highest BCUT2D eigenvalue weighted by molar-refractivity contribution is 5.73. The van der Waals surface area contributed by atoms with E-state index in [-0.39, 0.29) is 18.2 Å². The SMILES string of the molecule is C[C@@H]1CN(CCNC(=O)NCCNc2ccccn2)C[C@@H](C)O1. The third-order valence-corrected chi connectivity index (χ3v) is 3.59. The second-order valence-electron chi connectivity index (χ2n) is 5.84. The molecule has 0 spiro atoms. The number of hydrogen-bond donors (Lipinski definition) is 3. The van der Waals surface area contributed by atoms with E-state index in [0.29, 0.717) is 19.6 Å². The molecule has 2 atom stereocenters. The smallest absolute Gasteiger partial charge is 0.314 e. The van der Waals surface area contributed by atoms with Crippen LogP contribution < -0.4 is 16.0 Å². The standard InChI is InChI=1S/C16H27N5O2/c1-13-11-21(12-14(2)23-13)10-9-20-16(22)19-8-7-18-15-5-3-4-6-17-15/h3-6,13-14H,7-12H2,1-2H3,(H,17,18)(H2,19,20,22)/t13-,14-/m1/s1. The zero-order valence-electron chi connectivity index (χ0n) is 13.9. The maximum atomic E-state index is 11.7. The lowest BCUT2D eigenvalue weighted by molar-refractivity contribution is -0.0672. The number of urea groups is 1. The molecule has 0 bridgehead atoms. The summed E-state index contributed by atoms with van der Waals surface area (Å²) < 4.78 is 5.69. The van der Waals surface area contributed by atoms with Crippen LogP contribution in [0.4, 0.5) is 10.6 Å². The maximum absolute atomic E-state index is 11.7. The molecule has 0 saturated carbocycles. The summed E-state index contributed by atoms with van der Waals surface area (Å²) in [7, 11) is 0. The molecule has 1 aliphatic rings. The minimum atomic E-state index is -0.137. The van der Waals surface area contributed by atoms with E-state index in [0.717, 1.165) is 25.5 Å². The van der Waals surface area contributed by atoms with Gasteiger partial charge in [0.1, 0.15) is 5.82 Å². The van der Waals surface area contributed by atoms with Gasteiger partial charge >= 0.3 is 6.03 Å². The number of morpholine rings is 1. The van der Waals surface area contributed by atoms with E-state index in [2.05, 4.69) is 39.7 Å². The van der Waals surface area contributed by atoms with Gasteiger partial charge in [0.05, 0.1) is 12.2 Å². The first-order valence-electron chi connectivity index (χ1n) is 8.18. The quantitative estimate of drug-likeness (QED) is 0.651. The van der Waals surface area contributed by atoms with Gasteiger partial charge in [0.15, 0.2) is 0 Å². The molecule has 1 aromatic heterocycles. The van der Waals surface area contributed by atoms with Crippen molar-refractivity contribution < 1.29 is 9.53 Å². The van der Waals surface area contributed by atoms with Gasteiger partial charge in [-0.3, -0.25) is 4.90 Å². The molecule has 0 aliphatic carbocycles. The average Bonchev–Trinajstić information content (AvgIpc) is 2.52. The number of pyridine rings is 1. The van der Waals surface area contributed by atoms with Gasteiger partial charge in [0.25, 0.3) is 0 Å². The maximum Gasteiger partial charge on any atom is 0.314 e. The van der Waals surface area contributed by atoms with Crippen molar-refractivity contribution in [2.24, 2.45) is 0 Å². The zero-order valence-corrected chi connectivity index (χ0v) is 13.9. The Balaban J connectivity index is 1.51. The van der Waals surface area contributed by atoms with Crippen LogP contribution in [0.3, 0.4) is 0 Å². The van der Waals surface area contributed by atoms with Crippen LogP contribution in [0.15, 0.2) is 24.4 Å². The van der Waals surface area contributed by atoms with E-state index in [1.54, 1.807) is 6.20 Å². The largest absolute Gasteiger partial charge is 0.373 e. The summed E-state index contributed by atoms with van der Waals surface area (Å²) in [5.74, 6) is 0.810. The Labute approximate surface area is 137 Å². The molecule has 0 radical (unpaired) electrons. The predicted molar refractivity (Wildman–Crippen MR) is 90.6 cm³/mol. The number of rotatable bonds is 7. The first kappa shape index (κ1) is 17.5. The fourth-order valence-electron chi connectivity index (χ4n) is 2.69. The number of amides is 2. The van der Waals surface area contributed by atoms with Crippen molar-refractivity contribution in [1.29, 1.82) is 0 Å². The second-order valence-corrected chi connectivity index (χ2v) is 5.84. The Bertz CT molecular complexity index is 461. The summed E-state index contributed by atoms with van der Waals surface area (Å²) in [6.45, 7) is 8.67. The molecule has 3 N–H and O–H groups in total. The Morgan fingerprint density at radius 3 is 2.65 bits per heavy atom. The van der Waals surface area contributed by atoms with Crippen molar-refractivity contribution in [3.05, 3.63) is 24.4 Å². The minimum absolute atomic E-state index is 0.137. The van der Waals surface area contributed by atoms with Gasteiger partial charge in [-0.15, -0.1) is 0 Å². The summed E-state index contributed by atoms with van der Waals surface area (Å²) in [5.41, 5.74) is 0. The Morgan fingerprint density at radius 2 is 1.96 bits per heavy atom. The van der Waals surface area contributed by atoms with Crippen LogP contribution in [0.25, 0.3) is 0 Å². The Morgan fingerprint density at radius 1 is 1.22 bits per heavy atom. The van der Waals surface area contributed by atoms with E-state index < -0.39 is 0 Å². The Kier molecular flexibility index (Phi) is 7.09. The predicted octanol–water partition coefficient (Wildman–Crippen LogP) is 0.902. The van der Waals surface area contributed by atoms with Gasteiger partial charge < -0.3 is 20.7 Å². The fourth-order valence-corrected chi connectivity index (χ4v) is 2.69. The van der Waals surface area contributed by atoms with Crippen molar-refractivity contribution in [3.8, 4) is 0 Å². The number of carbonyl (C=O) groups is 1. The summed E-state index contributed by atoms with van der Waals surface area (Å²) in [6.07, 6.45) is 2.24. The zero-order chi connectivity index (χ0) is 16.5. The van der Waals surface area contributed by atoms with E-state index in [1.165, 1.54) is 0 Å². The van der Waals surface area contributed by atoms with Crippen molar-refractivity contribution >= 4 is 11.8 Å². The van der Waals surface area contributed by atoms with Crippen LogP contribution in [-0.4, -0.2) is 67.4 Å². The molecule has 0 aromatic carbocycles. The van der Waals surface area contributed by atoms with Gasteiger partial charge in [0.2, 0.25) is 0 Å². The highest BCUT2D eigenvalue weighted by Crippen LogP contribution is 2.09. The molecule has 7 nitrogen and oxygen atoms in total. The number of nitrogens with zero attached hydrogens (tertiary/aromatic N) is 2. The number of hydrogen-bond acceptors (Lipinski definition) is 5. The van der Waals surface area contributed by atoms with Gasteiger partial charge in [0, 0.05) is 45.5 Å². The number of nitrogens with one attached hydrogen (secondary N) is 3. The van der Waals surface area contributed by atoms with Crippen LogP contribution in [0, 0.1) is 0 Å². The highest BCUT2D eigenvalue weighted by atomic mass is 16.5. The molecule has 2 amide bonds. The number of anilines is 1. The molecule has 1 saturated heterocycles. The topological polar surface area (TPSA) is 78.5 Å². The number of aromatic nitrogens is 1. The van der Waals surface area contributed by atoms with E-state index in [4.69, 9.17) is 4.74 Å². The molecule has 1 aliphatic heterocycles. The minimum Gasteiger partial charge on any atom is -0.373 e. The third kappa shape index (κ3) is 6.83. The molecule has 2 rings (SSSR count). The average molecular weight is 321 g/mol. The number of carbonyl (C=O) groups excluding carboxylic acids is 1. The number of ether oxygens (including phenoxy) is 1. The van der Waals surface area contributed by atoms with Crippen LogP contribution >= 0.6 is 0 Å². The van der Waals surface area contributed by atoms with Crippen LogP contribution in [-0.2, 0) is 4.74 Å². The first-order chi connectivity index (χ1) is 11.1.